The molecule has 1 aliphatic heterocycles. The van der Waals surface area contributed by atoms with Gasteiger partial charge in [-0.2, -0.15) is 0 Å². The minimum Gasteiger partial charge on any atom is -0.497 e. The van der Waals surface area contributed by atoms with Gasteiger partial charge in [-0.1, -0.05) is 6.07 Å². The fraction of sp³-hybridized carbons (Fsp3) is 0.444. The summed E-state index contributed by atoms with van der Waals surface area (Å²) >= 11 is 0. The number of aromatic nitrogens is 2. The molecule has 0 saturated carbocycles. The van der Waals surface area contributed by atoms with E-state index in [9.17, 15) is 4.79 Å². The maximum absolute atomic E-state index is 12.6. The summed E-state index contributed by atoms with van der Waals surface area (Å²) in [5, 5.41) is 3.08. The van der Waals surface area contributed by atoms with Crippen molar-refractivity contribution >= 4 is 6.03 Å². The molecule has 1 atom stereocenters. The zero-order chi connectivity index (χ0) is 16.9. The van der Waals surface area contributed by atoms with Crippen LogP contribution in [0.5, 0.6) is 5.75 Å². The third-order valence-electron chi connectivity index (χ3n) is 4.35. The predicted octanol–water partition coefficient (Wildman–Crippen LogP) is 2.44. The van der Waals surface area contributed by atoms with Crippen molar-refractivity contribution in [3.63, 3.8) is 0 Å². The molecule has 2 amide bonds. The van der Waals surface area contributed by atoms with Crippen molar-refractivity contribution in [3.05, 3.63) is 48.0 Å². The van der Waals surface area contributed by atoms with Gasteiger partial charge in [-0.3, -0.25) is 0 Å². The minimum atomic E-state index is -0.00807. The first-order chi connectivity index (χ1) is 11.7. The lowest BCUT2D eigenvalue weighted by Crippen LogP contribution is -2.44. The third kappa shape index (κ3) is 3.88. The Labute approximate surface area is 142 Å². The Bertz CT molecular complexity index is 684. The van der Waals surface area contributed by atoms with Gasteiger partial charge in [0.15, 0.2) is 0 Å². The highest BCUT2D eigenvalue weighted by Crippen LogP contribution is 2.23. The molecule has 2 aromatic rings. The second-order valence-corrected chi connectivity index (χ2v) is 6.27. The molecule has 6 heteroatoms. The number of amides is 2. The molecule has 24 heavy (non-hydrogen) atoms. The van der Waals surface area contributed by atoms with E-state index >= 15 is 0 Å². The SMILES string of the molecule is COc1ccc2c(c1)CCCN(C(=O)N[C@H](C)Cn1ccnc1)C2. The first kappa shape index (κ1) is 16.4. The maximum Gasteiger partial charge on any atom is 0.317 e. The number of hydrogen-bond acceptors (Lipinski definition) is 3. The summed E-state index contributed by atoms with van der Waals surface area (Å²) in [5.74, 6) is 0.876. The molecule has 0 fully saturated rings. The van der Waals surface area contributed by atoms with Gasteiger partial charge in [-0.05, 0) is 43.0 Å². The molecule has 128 valence electrons. The fourth-order valence-electron chi connectivity index (χ4n) is 3.09. The average molecular weight is 328 g/mol. The maximum atomic E-state index is 12.6. The zero-order valence-corrected chi connectivity index (χ0v) is 14.2. The van der Waals surface area contributed by atoms with Gasteiger partial charge in [0.05, 0.1) is 13.4 Å². The molecule has 0 aliphatic carbocycles. The second-order valence-electron chi connectivity index (χ2n) is 6.27. The lowest BCUT2D eigenvalue weighted by molar-refractivity contribution is 0.191. The molecule has 0 bridgehead atoms. The monoisotopic (exact) mass is 328 g/mol. The lowest BCUT2D eigenvalue weighted by atomic mass is 10.0. The average Bonchev–Trinajstić information content (AvgIpc) is 2.97. The molecule has 2 heterocycles. The van der Waals surface area contributed by atoms with E-state index in [1.165, 1.54) is 11.1 Å². The Morgan fingerprint density at radius 3 is 3.04 bits per heavy atom. The largest absolute Gasteiger partial charge is 0.497 e. The van der Waals surface area contributed by atoms with Crippen molar-refractivity contribution in [1.82, 2.24) is 19.8 Å². The first-order valence-electron chi connectivity index (χ1n) is 8.32. The number of benzene rings is 1. The number of urea groups is 1. The Hall–Kier alpha value is -2.50. The molecular weight excluding hydrogens is 304 g/mol. The van der Waals surface area contributed by atoms with Crippen molar-refractivity contribution < 1.29 is 9.53 Å². The van der Waals surface area contributed by atoms with Gasteiger partial charge in [0, 0.05) is 38.1 Å². The molecule has 1 aliphatic rings. The predicted molar refractivity (Wildman–Crippen MR) is 91.9 cm³/mol. The van der Waals surface area contributed by atoms with Gasteiger partial charge in [0.2, 0.25) is 0 Å². The van der Waals surface area contributed by atoms with Gasteiger partial charge in [0.1, 0.15) is 5.75 Å². The highest BCUT2D eigenvalue weighted by Gasteiger charge is 2.20. The number of nitrogens with zero attached hydrogens (tertiary/aromatic N) is 3. The third-order valence-corrected chi connectivity index (χ3v) is 4.35. The summed E-state index contributed by atoms with van der Waals surface area (Å²) in [7, 11) is 1.68. The van der Waals surface area contributed by atoms with Crippen LogP contribution in [0.3, 0.4) is 0 Å². The van der Waals surface area contributed by atoms with Gasteiger partial charge >= 0.3 is 6.03 Å². The summed E-state index contributed by atoms with van der Waals surface area (Å²) in [6, 6.07) is 6.14. The molecule has 0 spiro atoms. The summed E-state index contributed by atoms with van der Waals surface area (Å²) in [6.45, 7) is 4.13. The molecule has 6 nitrogen and oxygen atoms in total. The first-order valence-corrected chi connectivity index (χ1v) is 8.32. The Morgan fingerprint density at radius 2 is 2.29 bits per heavy atom. The number of imidazole rings is 1. The normalized spacial score (nSPS) is 15.3. The summed E-state index contributed by atoms with van der Waals surface area (Å²) in [4.78, 5) is 18.5. The van der Waals surface area contributed by atoms with Gasteiger partial charge < -0.3 is 19.5 Å². The van der Waals surface area contributed by atoms with E-state index in [2.05, 4.69) is 22.4 Å². The number of ether oxygens (including phenoxy) is 1. The number of carbonyl (C=O) groups excluding carboxylic acids is 1. The van der Waals surface area contributed by atoms with Crippen LogP contribution in [0.15, 0.2) is 36.9 Å². The van der Waals surface area contributed by atoms with Crippen LogP contribution in [0.25, 0.3) is 0 Å². The minimum absolute atomic E-state index is 0.00807. The van der Waals surface area contributed by atoms with Crippen LogP contribution in [-0.4, -0.2) is 40.2 Å². The van der Waals surface area contributed by atoms with Crippen molar-refractivity contribution in [1.29, 1.82) is 0 Å². The van der Waals surface area contributed by atoms with Crippen LogP contribution in [0.4, 0.5) is 4.79 Å². The summed E-state index contributed by atoms with van der Waals surface area (Å²) in [5.41, 5.74) is 2.47. The van der Waals surface area contributed by atoms with Crippen LogP contribution in [0.2, 0.25) is 0 Å². The van der Waals surface area contributed by atoms with E-state index in [0.717, 1.165) is 25.1 Å². The standard InChI is InChI=1S/C18H24N4O2/c1-14(11-21-9-7-19-13-21)20-18(23)22-8-3-4-15-10-17(24-2)6-5-16(15)12-22/h5-7,9-10,13-14H,3-4,8,11-12H2,1-2H3,(H,20,23)/t14-/m1/s1. The number of carbonyl (C=O) groups is 1. The zero-order valence-electron chi connectivity index (χ0n) is 14.2. The van der Waals surface area contributed by atoms with Gasteiger partial charge in [-0.15, -0.1) is 0 Å². The smallest absolute Gasteiger partial charge is 0.317 e. The van der Waals surface area contributed by atoms with E-state index < -0.39 is 0 Å². The van der Waals surface area contributed by atoms with Crippen molar-refractivity contribution in [3.8, 4) is 5.75 Å². The van der Waals surface area contributed by atoms with E-state index in [0.29, 0.717) is 13.1 Å². The van der Waals surface area contributed by atoms with E-state index in [1.54, 1.807) is 19.6 Å². The van der Waals surface area contributed by atoms with Crippen molar-refractivity contribution in [2.24, 2.45) is 0 Å². The van der Waals surface area contributed by atoms with E-state index in [1.807, 2.05) is 28.7 Å². The number of nitrogens with one attached hydrogen (secondary N) is 1. The van der Waals surface area contributed by atoms with E-state index in [4.69, 9.17) is 4.74 Å². The van der Waals surface area contributed by atoms with Gasteiger partial charge in [0.25, 0.3) is 0 Å². The van der Waals surface area contributed by atoms with Crippen molar-refractivity contribution in [2.45, 2.75) is 38.9 Å². The molecule has 0 radical (unpaired) electrons. The molecule has 0 unspecified atom stereocenters. The number of hydrogen-bond donors (Lipinski definition) is 1. The fourth-order valence-corrected chi connectivity index (χ4v) is 3.09. The highest BCUT2D eigenvalue weighted by atomic mass is 16.5. The quantitative estimate of drug-likeness (QED) is 0.938. The Kier molecular flexibility index (Phi) is 5.03. The highest BCUT2D eigenvalue weighted by molar-refractivity contribution is 5.74. The van der Waals surface area contributed by atoms with Crippen LogP contribution in [0, 0.1) is 0 Å². The van der Waals surface area contributed by atoms with Crippen molar-refractivity contribution in [2.75, 3.05) is 13.7 Å². The summed E-state index contributed by atoms with van der Waals surface area (Å²) < 4.78 is 7.26. The molecule has 1 aromatic carbocycles. The van der Waals surface area contributed by atoms with Crippen LogP contribution >= 0.6 is 0 Å². The summed E-state index contributed by atoms with van der Waals surface area (Å²) in [6.07, 6.45) is 7.34. The molecule has 1 aromatic heterocycles. The van der Waals surface area contributed by atoms with Gasteiger partial charge in [-0.25, -0.2) is 9.78 Å². The van der Waals surface area contributed by atoms with Crippen LogP contribution in [-0.2, 0) is 19.5 Å². The molecular formula is C18H24N4O2. The van der Waals surface area contributed by atoms with Crippen LogP contribution in [0.1, 0.15) is 24.5 Å². The molecule has 3 rings (SSSR count). The van der Waals surface area contributed by atoms with E-state index in [-0.39, 0.29) is 12.1 Å². The number of methoxy groups -OCH3 is 1. The number of aryl methyl sites for hydroxylation is 1. The second kappa shape index (κ2) is 7.38. The lowest BCUT2D eigenvalue weighted by Gasteiger charge is -2.24. The molecule has 0 saturated heterocycles. The Morgan fingerprint density at radius 1 is 1.42 bits per heavy atom. The number of fused-ring (bicyclic) bond motifs is 1. The van der Waals surface area contributed by atoms with Crippen LogP contribution < -0.4 is 10.1 Å². The topological polar surface area (TPSA) is 59.4 Å². The molecule has 1 N–H and O–H groups in total. The Balaban J connectivity index is 1.62. The number of rotatable bonds is 4.